The van der Waals surface area contributed by atoms with E-state index in [1.165, 1.54) is 25.1 Å². The van der Waals surface area contributed by atoms with Crippen LogP contribution in [0.15, 0.2) is 47.7 Å². The van der Waals surface area contributed by atoms with E-state index in [9.17, 15) is 9.59 Å². The predicted octanol–water partition coefficient (Wildman–Crippen LogP) is 1.84. The fourth-order valence-corrected chi connectivity index (χ4v) is 2.51. The van der Waals surface area contributed by atoms with Gasteiger partial charge in [-0.2, -0.15) is 0 Å². The van der Waals surface area contributed by atoms with Crippen molar-refractivity contribution >= 4 is 22.6 Å². The van der Waals surface area contributed by atoms with Crippen molar-refractivity contribution in [2.45, 2.75) is 13.0 Å². The molecule has 0 aliphatic carbocycles. The number of nitrogens with zero attached hydrogens (tertiary/aromatic N) is 3. The number of pyridine rings is 1. The first kappa shape index (κ1) is 17.4. The predicted molar refractivity (Wildman–Crippen MR) is 96.6 cm³/mol. The molecule has 1 amide bonds. The SMILES string of the molecule is COc1cc2ncn(CCC(=O)Nc3ccccn3)c(=O)c2cc1OC. The van der Waals surface area contributed by atoms with Crippen LogP contribution in [0.5, 0.6) is 11.5 Å². The van der Waals surface area contributed by atoms with Crippen LogP contribution in [0.2, 0.25) is 0 Å². The number of rotatable bonds is 6. The average Bonchev–Trinajstić information content (AvgIpc) is 2.67. The number of nitrogens with one attached hydrogen (secondary N) is 1. The highest BCUT2D eigenvalue weighted by Crippen LogP contribution is 2.29. The molecule has 3 aromatic rings. The van der Waals surface area contributed by atoms with Gasteiger partial charge in [-0.05, 0) is 18.2 Å². The summed E-state index contributed by atoms with van der Waals surface area (Å²) in [6, 6.07) is 8.48. The molecule has 0 bridgehead atoms. The van der Waals surface area contributed by atoms with Gasteiger partial charge in [0.15, 0.2) is 11.5 Å². The lowest BCUT2D eigenvalue weighted by Gasteiger charge is -2.10. The topological polar surface area (TPSA) is 95.3 Å². The van der Waals surface area contributed by atoms with Crippen LogP contribution in [0.25, 0.3) is 10.9 Å². The number of anilines is 1. The number of methoxy groups -OCH3 is 2. The van der Waals surface area contributed by atoms with Crippen molar-refractivity contribution in [3.05, 3.63) is 53.2 Å². The Labute approximate surface area is 149 Å². The second-order valence-electron chi connectivity index (χ2n) is 5.48. The molecular formula is C18H18N4O4. The van der Waals surface area contributed by atoms with Gasteiger partial charge in [-0.15, -0.1) is 0 Å². The van der Waals surface area contributed by atoms with Crippen LogP contribution in [-0.2, 0) is 11.3 Å². The Hall–Kier alpha value is -3.42. The molecule has 8 heteroatoms. The minimum Gasteiger partial charge on any atom is -0.493 e. The first-order valence-electron chi connectivity index (χ1n) is 7.94. The zero-order valence-electron chi connectivity index (χ0n) is 14.4. The van der Waals surface area contributed by atoms with Crippen LogP contribution < -0.4 is 20.3 Å². The molecule has 0 radical (unpaired) electrons. The van der Waals surface area contributed by atoms with Crippen molar-refractivity contribution < 1.29 is 14.3 Å². The van der Waals surface area contributed by atoms with Crippen molar-refractivity contribution in [3.8, 4) is 11.5 Å². The molecule has 8 nitrogen and oxygen atoms in total. The second-order valence-corrected chi connectivity index (χ2v) is 5.48. The summed E-state index contributed by atoms with van der Waals surface area (Å²) in [6.45, 7) is 0.203. The van der Waals surface area contributed by atoms with Gasteiger partial charge in [0.05, 0.1) is 31.4 Å². The Morgan fingerprint density at radius 3 is 2.62 bits per heavy atom. The average molecular weight is 354 g/mol. The fourth-order valence-electron chi connectivity index (χ4n) is 2.51. The molecule has 2 aromatic heterocycles. The van der Waals surface area contributed by atoms with Gasteiger partial charge in [-0.1, -0.05) is 6.07 Å². The van der Waals surface area contributed by atoms with E-state index in [1.54, 1.807) is 36.5 Å². The first-order chi connectivity index (χ1) is 12.6. The van der Waals surface area contributed by atoms with Gasteiger partial charge >= 0.3 is 0 Å². The summed E-state index contributed by atoms with van der Waals surface area (Å²) in [7, 11) is 3.02. The van der Waals surface area contributed by atoms with E-state index in [0.717, 1.165) is 0 Å². The molecule has 0 fully saturated rings. The molecule has 0 saturated carbocycles. The number of aryl methyl sites for hydroxylation is 1. The molecular weight excluding hydrogens is 336 g/mol. The van der Waals surface area contributed by atoms with Gasteiger partial charge < -0.3 is 14.8 Å². The molecule has 0 unspecified atom stereocenters. The number of ether oxygens (including phenoxy) is 2. The molecule has 2 heterocycles. The maximum Gasteiger partial charge on any atom is 0.261 e. The third kappa shape index (κ3) is 3.64. The summed E-state index contributed by atoms with van der Waals surface area (Å²) in [5.41, 5.74) is 0.253. The van der Waals surface area contributed by atoms with Crippen molar-refractivity contribution in [1.29, 1.82) is 0 Å². The van der Waals surface area contributed by atoms with Crippen LogP contribution in [0.3, 0.4) is 0 Å². The molecule has 134 valence electrons. The standard InChI is InChI=1S/C18H18N4O4/c1-25-14-9-12-13(10-15(14)26-2)20-11-22(18(12)24)8-6-17(23)21-16-5-3-4-7-19-16/h3-5,7,9-11H,6,8H2,1-2H3,(H,19,21,23). The number of hydrogen-bond donors (Lipinski definition) is 1. The highest BCUT2D eigenvalue weighted by Gasteiger charge is 2.12. The number of fused-ring (bicyclic) bond motifs is 1. The summed E-state index contributed by atoms with van der Waals surface area (Å²) in [5, 5.41) is 3.08. The van der Waals surface area contributed by atoms with Crippen LogP contribution in [0.1, 0.15) is 6.42 Å². The largest absolute Gasteiger partial charge is 0.493 e. The lowest BCUT2D eigenvalue weighted by Crippen LogP contribution is -2.24. The smallest absolute Gasteiger partial charge is 0.261 e. The Morgan fingerprint density at radius 1 is 1.15 bits per heavy atom. The van der Waals surface area contributed by atoms with E-state index < -0.39 is 0 Å². The second kappa shape index (κ2) is 7.64. The third-order valence-corrected chi connectivity index (χ3v) is 3.84. The molecule has 1 aromatic carbocycles. The van der Waals surface area contributed by atoms with E-state index >= 15 is 0 Å². The van der Waals surface area contributed by atoms with E-state index in [-0.39, 0.29) is 24.4 Å². The monoisotopic (exact) mass is 354 g/mol. The van der Waals surface area contributed by atoms with Gasteiger partial charge in [0.1, 0.15) is 5.82 Å². The van der Waals surface area contributed by atoms with E-state index in [1.807, 2.05) is 0 Å². The number of carbonyl (C=O) groups excluding carboxylic acids is 1. The number of hydrogen-bond acceptors (Lipinski definition) is 6. The van der Waals surface area contributed by atoms with Gasteiger partial charge in [0.2, 0.25) is 5.91 Å². The lowest BCUT2D eigenvalue weighted by atomic mass is 10.2. The fraction of sp³-hybridized carbons (Fsp3) is 0.222. The Bertz CT molecular complexity index is 986. The van der Waals surface area contributed by atoms with E-state index in [0.29, 0.717) is 28.2 Å². The van der Waals surface area contributed by atoms with Crippen molar-refractivity contribution in [3.63, 3.8) is 0 Å². The molecule has 3 rings (SSSR count). The van der Waals surface area contributed by atoms with E-state index in [4.69, 9.17) is 9.47 Å². The van der Waals surface area contributed by atoms with Gasteiger partial charge in [-0.3, -0.25) is 14.2 Å². The normalized spacial score (nSPS) is 10.5. The van der Waals surface area contributed by atoms with Gasteiger partial charge in [0.25, 0.3) is 5.56 Å². The summed E-state index contributed by atoms with van der Waals surface area (Å²) in [4.78, 5) is 33.0. The molecule has 0 aliphatic heterocycles. The van der Waals surface area contributed by atoms with Crippen LogP contribution in [0.4, 0.5) is 5.82 Å². The summed E-state index contributed by atoms with van der Waals surface area (Å²) >= 11 is 0. The first-order valence-corrected chi connectivity index (χ1v) is 7.94. The van der Waals surface area contributed by atoms with Crippen molar-refractivity contribution in [1.82, 2.24) is 14.5 Å². The van der Waals surface area contributed by atoms with E-state index in [2.05, 4.69) is 15.3 Å². The van der Waals surface area contributed by atoms with Gasteiger partial charge in [0, 0.05) is 25.2 Å². The van der Waals surface area contributed by atoms with Crippen molar-refractivity contribution in [2.75, 3.05) is 19.5 Å². The maximum absolute atomic E-state index is 12.6. The minimum absolute atomic E-state index is 0.122. The number of amides is 1. The summed E-state index contributed by atoms with van der Waals surface area (Å²) in [5.74, 6) is 1.19. The molecule has 26 heavy (non-hydrogen) atoms. The van der Waals surface area contributed by atoms with Gasteiger partial charge in [-0.25, -0.2) is 9.97 Å². The zero-order chi connectivity index (χ0) is 18.5. The molecule has 0 atom stereocenters. The number of aromatic nitrogens is 3. The highest BCUT2D eigenvalue weighted by atomic mass is 16.5. The molecule has 0 spiro atoms. The summed E-state index contributed by atoms with van der Waals surface area (Å²) < 4.78 is 11.8. The van der Waals surface area contributed by atoms with Crippen LogP contribution in [0, 0.1) is 0 Å². The molecule has 1 N–H and O–H groups in total. The summed E-state index contributed by atoms with van der Waals surface area (Å²) in [6.07, 6.45) is 3.14. The Kier molecular flexibility index (Phi) is 5.12. The minimum atomic E-state index is -0.249. The zero-order valence-corrected chi connectivity index (χ0v) is 14.4. The number of carbonyl (C=O) groups is 1. The van der Waals surface area contributed by atoms with Crippen LogP contribution >= 0.6 is 0 Å². The van der Waals surface area contributed by atoms with Crippen LogP contribution in [-0.4, -0.2) is 34.7 Å². The Balaban J connectivity index is 1.79. The third-order valence-electron chi connectivity index (χ3n) is 3.84. The lowest BCUT2D eigenvalue weighted by molar-refractivity contribution is -0.116. The van der Waals surface area contributed by atoms with Crippen molar-refractivity contribution in [2.24, 2.45) is 0 Å². The number of benzene rings is 1. The Morgan fingerprint density at radius 2 is 1.92 bits per heavy atom. The quantitative estimate of drug-likeness (QED) is 0.726. The highest BCUT2D eigenvalue weighted by molar-refractivity contribution is 5.89. The molecule has 0 aliphatic rings. The maximum atomic E-state index is 12.6. The molecule has 0 saturated heterocycles.